The van der Waals surface area contributed by atoms with Gasteiger partial charge in [0.25, 0.3) is 0 Å². The summed E-state index contributed by atoms with van der Waals surface area (Å²) < 4.78 is 13.7. The Bertz CT molecular complexity index is 625. The van der Waals surface area contributed by atoms with Crippen LogP contribution in [0.2, 0.25) is 10.0 Å². The second kappa shape index (κ2) is 6.83. The number of rotatable bonds is 4. The molecule has 3 nitrogen and oxygen atoms in total. The molecule has 0 spiro atoms. The molecular formula is C13H11BrCl2FN3. The molecule has 0 radical (unpaired) electrons. The number of nitrogens with one attached hydrogen (secondary N) is 1. The first-order valence-corrected chi connectivity index (χ1v) is 7.27. The van der Waals surface area contributed by atoms with Crippen LogP contribution in [0.25, 0.3) is 0 Å². The molecule has 2 aromatic rings. The van der Waals surface area contributed by atoms with Crippen LogP contribution in [0.4, 0.5) is 4.39 Å². The van der Waals surface area contributed by atoms with Crippen molar-refractivity contribution in [3.8, 4) is 0 Å². The third-order valence-corrected chi connectivity index (χ3v) is 4.05. The first-order chi connectivity index (χ1) is 9.51. The first kappa shape index (κ1) is 15.7. The van der Waals surface area contributed by atoms with Crippen molar-refractivity contribution in [3.05, 3.63) is 62.1 Å². The molecule has 106 valence electrons. The van der Waals surface area contributed by atoms with E-state index in [0.29, 0.717) is 26.6 Å². The Morgan fingerprint density at radius 1 is 1.35 bits per heavy atom. The van der Waals surface area contributed by atoms with E-state index in [9.17, 15) is 4.39 Å². The fourth-order valence-corrected chi connectivity index (χ4v) is 2.85. The number of nitrogens with zero attached hydrogens (tertiary/aromatic N) is 1. The van der Waals surface area contributed by atoms with Crippen LogP contribution in [-0.2, 0) is 6.42 Å². The molecule has 0 fully saturated rings. The topological polar surface area (TPSA) is 50.9 Å². The van der Waals surface area contributed by atoms with E-state index >= 15 is 0 Å². The number of pyridine rings is 1. The molecule has 0 bridgehead atoms. The van der Waals surface area contributed by atoms with Crippen molar-refractivity contribution >= 4 is 39.1 Å². The third kappa shape index (κ3) is 3.68. The van der Waals surface area contributed by atoms with Gasteiger partial charge < -0.3 is 0 Å². The molecule has 20 heavy (non-hydrogen) atoms. The van der Waals surface area contributed by atoms with Crippen molar-refractivity contribution in [1.29, 1.82) is 0 Å². The molecule has 1 aromatic heterocycles. The van der Waals surface area contributed by atoms with Crippen molar-refractivity contribution in [2.75, 3.05) is 0 Å². The van der Waals surface area contributed by atoms with Crippen molar-refractivity contribution < 1.29 is 4.39 Å². The molecule has 2 rings (SSSR count). The van der Waals surface area contributed by atoms with Gasteiger partial charge in [-0.2, -0.15) is 0 Å². The molecule has 7 heteroatoms. The molecule has 0 aliphatic carbocycles. The molecule has 1 atom stereocenters. The van der Waals surface area contributed by atoms with Crippen LogP contribution in [-0.4, -0.2) is 4.98 Å². The van der Waals surface area contributed by atoms with Crippen LogP contribution in [0.15, 0.2) is 34.9 Å². The second-order valence-corrected chi connectivity index (χ2v) is 5.88. The normalized spacial score (nSPS) is 12.4. The van der Waals surface area contributed by atoms with Gasteiger partial charge in [-0.15, -0.1) is 0 Å². The van der Waals surface area contributed by atoms with E-state index in [2.05, 4.69) is 26.3 Å². The minimum absolute atomic E-state index is 0.304. The highest BCUT2D eigenvalue weighted by molar-refractivity contribution is 9.10. The lowest BCUT2D eigenvalue weighted by Gasteiger charge is -2.17. The maximum Gasteiger partial charge on any atom is 0.124 e. The molecule has 1 unspecified atom stereocenters. The summed E-state index contributed by atoms with van der Waals surface area (Å²) in [6, 6.07) is 5.79. The van der Waals surface area contributed by atoms with E-state index in [1.54, 1.807) is 12.1 Å². The second-order valence-electron chi connectivity index (χ2n) is 4.18. The molecule has 0 amide bonds. The summed E-state index contributed by atoms with van der Waals surface area (Å²) in [6.45, 7) is 0. The number of hydrazine groups is 1. The van der Waals surface area contributed by atoms with Gasteiger partial charge in [-0.3, -0.25) is 16.3 Å². The van der Waals surface area contributed by atoms with Gasteiger partial charge in [0.05, 0.1) is 21.8 Å². The lowest BCUT2D eigenvalue weighted by Crippen LogP contribution is -2.30. The van der Waals surface area contributed by atoms with Gasteiger partial charge in [0.1, 0.15) is 5.82 Å². The van der Waals surface area contributed by atoms with E-state index in [-0.39, 0.29) is 11.9 Å². The fourth-order valence-electron chi connectivity index (χ4n) is 1.82. The van der Waals surface area contributed by atoms with Crippen LogP contribution in [0.1, 0.15) is 17.3 Å². The van der Waals surface area contributed by atoms with Crippen LogP contribution < -0.4 is 11.3 Å². The summed E-state index contributed by atoms with van der Waals surface area (Å²) in [4.78, 5) is 4.20. The Morgan fingerprint density at radius 2 is 2.10 bits per heavy atom. The average Bonchev–Trinajstić information content (AvgIpc) is 2.39. The van der Waals surface area contributed by atoms with E-state index in [0.717, 1.165) is 5.56 Å². The fraction of sp³-hybridized carbons (Fsp3) is 0.154. The number of hydrogen-bond donors (Lipinski definition) is 2. The third-order valence-electron chi connectivity index (χ3n) is 2.81. The zero-order chi connectivity index (χ0) is 14.7. The smallest absolute Gasteiger partial charge is 0.124 e. The van der Waals surface area contributed by atoms with E-state index in [1.165, 1.54) is 18.3 Å². The summed E-state index contributed by atoms with van der Waals surface area (Å²) in [6.07, 6.45) is 2.01. The lowest BCUT2D eigenvalue weighted by molar-refractivity contribution is 0.537. The minimum Gasteiger partial charge on any atom is -0.271 e. The predicted molar refractivity (Wildman–Crippen MR) is 82.1 cm³/mol. The lowest BCUT2D eigenvalue weighted by atomic mass is 10.0. The molecule has 3 N–H and O–H groups in total. The van der Waals surface area contributed by atoms with Gasteiger partial charge in [0.2, 0.25) is 0 Å². The Labute approximate surface area is 134 Å². The van der Waals surface area contributed by atoms with Gasteiger partial charge >= 0.3 is 0 Å². The highest BCUT2D eigenvalue weighted by Gasteiger charge is 2.17. The van der Waals surface area contributed by atoms with Crippen LogP contribution >= 0.6 is 39.1 Å². The van der Waals surface area contributed by atoms with Gasteiger partial charge in [0, 0.05) is 10.7 Å². The van der Waals surface area contributed by atoms with Crippen molar-refractivity contribution in [2.45, 2.75) is 12.5 Å². The molecule has 1 aromatic carbocycles. The van der Waals surface area contributed by atoms with Gasteiger partial charge in [-0.25, -0.2) is 4.39 Å². The highest BCUT2D eigenvalue weighted by Crippen LogP contribution is 2.28. The summed E-state index contributed by atoms with van der Waals surface area (Å²) in [5.41, 5.74) is 4.15. The number of aromatic nitrogens is 1. The Kier molecular flexibility index (Phi) is 5.35. The van der Waals surface area contributed by atoms with Crippen molar-refractivity contribution in [2.24, 2.45) is 5.84 Å². The summed E-state index contributed by atoms with van der Waals surface area (Å²) in [7, 11) is 0. The number of hydrogen-bond acceptors (Lipinski definition) is 3. The van der Waals surface area contributed by atoms with E-state index < -0.39 is 0 Å². The monoisotopic (exact) mass is 377 g/mol. The largest absolute Gasteiger partial charge is 0.271 e. The molecule has 0 aliphatic rings. The molecule has 0 saturated carbocycles. The number of halogens is 4. The van der Waals surface area contributed by atoms with Crippen molar-refractivity contribution in [1.82, 2.24) is 10.4 Å². The minimum atomic E-state index is -0.305. The molecule has 1 heterocycles. The standard InChI is InChI=1S/C13H11BrCl2FN3/c14-10-5-9(17)2-1-7(10)3-12(20-18)13-11(16)4-8(15)6-19-13/h1-2,4-6,12,20H,3,18H2. The Hall–Kier alpha value is -0.720. The summed E-state index contributed by atoms with van der Waals surface area (Å²) >= 11 is 15.3. The highest BCUT2D eigenvalue weighted by atomic mass is 79.9. The average molecular weight is 379 g/mol. The Morgan fingerprint density at radius 3 is 2.70 bits per heavy atom. The molecule has 0 saturated heterocycles. The quantitative estimate of drug-likeness (QED) is 0.623. The zero-order valence-electron chi connectivity index (χ0n) is 10.2. The summed E-state index contributed by atoms with van der Waals surface area (Å²) in [5.74, 6) is 5.26. The maximum atomic E-state index is 13.1. The maximum absolute atomic E-state index is 13.1. The van der Waals surface area contributed by atoms with Gasteiger partial charge in [-0.05, 0) is 30.2 Å². The van der Waals surface area contributed by atoms with Crippen molar-refractivity contribution in [3.63, 3.8) is 0 Å². The van der Waals surface area contributed by atoms with Gasteiger partial charge in [0.15, 0.2) is 0 Å². The van der Waals surface area contributed by atoms with E-state index in [4.69, 9.17) is 29.0 Å². The number of benzene rings is 1. The summed E-state index contributed by atoms with van der Waals surface area (Å²) in [5, 5.41) is 0.885. The molecule has 0 aliphatic heterocycles. The molecular weight excluding hydrogens is 368 g/mol. The Balaban J connectivity index is 2.28. The number of nitrogens with two attached hydrogens (primary N) is 1. The van der Waals surface area contributed by atoms with E-state index in [1.807, 2.05) is 0 Å². The van der Waals surface area contributed by atoms with Crippen LogP contribution in [0.5, 0.6) is 0 Å². The van der Waals surface area contributed by atoms with Crippen LogP contribution in [0, 0.1) is 5.82 Å². The van der Waals surface area contributed by atoms with Gasteiger partial charge in [-0.1, -0.05) is 45.2 Å². The first-order valence-electron chi connectivity index (χ1n) is 5.72. The SMILES string of the molecule is NNC(Cc1ccc(F)cc1Br)c1ncc(Cl)cc1Cl. The van der Waals surface area contributed by atoms with Crippen LogP contribution in [0.3, 0.4) is 0 Å². The zero-order valence-corrected chi connectivity index (χ0v) is 13.3. The predicted octanol–water partition coefficient (Wildman–Crippen LogP) is 4.04.